The Morgan fingerprint density at radius 2 is 2.11 bits per heavy atom. The molecule has 4 heteroatoms. The number of carboxylic acid groups (broad SMARTS) is 1. The number of carbonyl (C=O) groups is 1. The molecule has 0 fully saturated rings. The number of aryl methyl sites for hydroxylation is 1. The number of carboxylic acids is 1. The number of benzene rings is 1. The second-order valence-electron chi connectivity index (χ2n) is 5.15. The fourth-order valence-electron chi connectivity index (χ4n) is 1.99. The maximum absolute atomic E-state index is 10.6. The van der Waals surface area contributed by atoms with Crippen LogP contribution in [-0.2, 0) is 11.3 Å². The van der Waals surface area contributed by atoms with Crippen molar-refractivity contribution in [3.8, 4) is 0 Å². The van der Waals surface area contributed by atoms with Crippen molar-refractivity contribution in [3.05, 3.63) is 33.8 Å². The van der Waals surface area contributed by atoms with E-state index in [-0.39, 0.29) is 6.42 Å². The molecule has 0 radical (unpaired) electrons. The van der Waals surface area contributed by atoms with Crippen molar-refractivity contribution in [2.45, 2.75) is 46.2 Å². The van der Waals surface area contributed by atoms with Crippen molar-refractivity contribution in [3.63, 3.8) is 0 Å². The van der Waals surface area contributed by atoms with E-state index in [4.69, 9.17) is 5.11 Å². The van der Waals surface area contributed by atoms with Gasteiger partial charge in [-0.15, -0.1) is 0 Å². The van der Waals surface area contributed by atoms with Crippen molar-refractivity contribution in [2.75, 3.05) is 6.54 Å². The van der Waals surface area contributed by atoms with Crippen LogP contribution in [0.4, 0.5) is 0 Å². The quantitative estimate of drug-likeness (QED) is 0.827. The molecule has 0 aromatic heterocycles. The standard InChI is InChI=1S/C15H22BrNO2/c1-11(2)17(8-4-5-15(18)19)10-13-6-7-14(16)12(3)9-13/h6-7,9,11H,4-5,8,10H2,1-3H3,(H,18,19). The molecule has 1 rings (SSSR count). The SMILES string of the molecule is Cc1cc(CN(CCCC(=O)O)C(C)C)ccc1Br. The molecule has 0 saturated heterocycles. The molecule has 19 heavy (non-hydrogen) atoms. The average Bonchev–Trinajstić information content (AvgIpc) is 2.32. The fraction of sp³-hybridized carbons (Fsp3) is 0.533. The summed E-state index contributed by atoms with van der Waals surface area (Å²) in [6, 6.07) is 6.78. The number of rotatable bonds is 7. The van der Waals surface area contributed by atoms with E-state index in [2.05, 4.69) is 59.8 Å². The van der Waals surface area contributed by atoms with Gasteiger partial charge in [-0.2, -0.15) is 0 Å². The van der Waals surface area contributed by atoms with E-state index < -0.39 is 5.97 Å². The lowest BCUT2D eigenvalue weighted by atomic mass is 10.1. The van der Waals surface area contributed by atoms with E-state index in [9.17, 15) is 4.79 Å². The smallest absolute Gasteiger partial charge is 0.303 e. The van der Waals surface area contributed by atoms with Gasteiger partial charge in [-0.1, -0.05) is 28.1 Å². The van der Waals surface area contributed by atoms with Gasteiger partial charge < -0.3 is 5.11 Å². The zero-order chi connectivity index (χ0) is 14.4. The summed E-state index contributed by atoms with van der Waals surface area (Å²) >= 11 is 3.50. The maximum atomic E-state index is 10.6. The molecule has 0 bridgehead atoms. The molecule has 0 amide bonds. The van der Waals surface area contributed by atoms with Crippen molar-refractivity contribution in [1.82, 2.24) is 4.90 Å². The second kappa shape index (κ2) is 7.65. The molecule has 1 aromatic rings. The number of nitrogens with zero attached hydrogens (tertiary/aromatic N) is 1. The number of hydrogen-bond donors (Lipinski definition) is 1. The van der Waals surface area contributed by atoms with Gasteiger partial charge in [-0.05, 0) is 50.9 Å². The lowest BCUT2D eigenvalue weighted by Crippen LogP contribution is -2.31. The Labute approximate surface area is 123 Å². The van der Waals surface area contributed by atoms with Gasteiger partial charge in [0.15, 0.2) is 0 Å². The van der Waals surface area contributed by atoms with Gasteiger partial charge >= 0.3 is 5.97 Å². The molecule has 0 heterocycles. The summed E-state index contributed by atoms with van der Waals surface area (Å²) < 4.78 is 1.12. The van der Waals surface area contributed by atoms with Gasteiger partial charge in [0.25, 0.3) is 0 Å². The molecular formula is C15H22BrNO2. The molecular weight excluding hydrogens is 306 g/mol. The van der Waals surface area contributed by atoms with Crippen LogP contribution in [0.3, 0.4) is 0 Å². The molecule has 0 atom stereocenters. The van der Waals surface area contributed by atoms with E-state index >= 15 is 0 Å². The monoisotopic (exact) mass is 327 g/mol. The minimum atomic E-state index is -0.719. The molecule has 0 aliphatic heterocycles. The minimum Gasteiger partial charge on any atom is -0.481 e. The summed E-state index contributed by atoms with van der Waals surface area (Å²) in [6.07, 6.45) is 0.936. The maximum Gasteiger partial charge on any atom is 0.303 e. The normalized spacial score (nSPS) is 11.3. The van der Waals surface area contributed by atoms with Crippen LogP contribution in [0.25, 0.3) is 0 Å². The van der Waals surface area contributed by atoms with E-state index in [1.54, 1.807) is 0 Å². The molecule has 106 valence electrons. The van der Waals surface area contributed by atoms with Gasteiger partial charge in [0, 0.05) is 23.5 Å². The Kier molecular flexibility index (Phi) is 6.52. The fourth-order valence-corrected chi connectivity index (χ4v) is 2.24. The van der Waals surface area contributed by atoms with Crippen LogP contribution in [-0.4, -0.2) is 28.6 Å². The number of hydrogen-bond acceptors (Lipinski definition) is 2. The highest BCUT2D eigenvalue weighted by Crippen LogP contribution is 2.19. The molecule has 0 saturated carbocycles. The van der Waals surface area contributed by atoms with Crippen LogP contribution in [0.5, 0.6) is 0 Å². The Balaban J connectivity index is 2.62. The number of halogens is 1. The van der Waals surface area contributed by atoms with Crippen LogP contribution in [0.15, 0.2) is 22.7 Å². The van der Waals surface area contributed by atoms with Gasteiger partial charge in [-0.25, -0.2) is 0 Å². The average molecular weight is 328 g/mol. The summed E-state index contributed by atoms with van der Waals surface area (Å²) in [7, 11) is 0. The summed E-state index contributed by atoms with van der Waals surface area (Å²) in [5.74, 6) is -0.719. The van der Waals surface area contributed by atoms with Crippen LogP contribution >= 0.6 is 15.9 Å². The molecule has 3 nitrogen and oxygen atoms in total. The first kappa shape index (κ1) is 16.2. The Morgan fingerprint density at radius 3 is 2.63 bits per heavy atom. The molecule has 0 unspecified atom stereocenters. The molecule has 0 spiro atoms. The second-order valence-corrected chi connectivity index (χ2v) is 6.00. The van der Waals surface area contributed by atoms with Gasteiger partial charge in [0.2, 0.25) is 0 Å². The highest BCUT2D eigenvalue weighted by Gasteiger charge is 2.11. The molecule has 1 aromatic carbocycles. The summed E-state index contributed by atoms with van der Waals surface area (Å²) in [4.78, 5) is 12.9. The summed E-state index contributed by atoms with van der Waals surface area (Å²) in [5, 5.41) is 8.70. The Hall–Kier alpha value is -0.870. The third-order valence-corrected chi connectivity index (χ3v) is 4.06. The van der Waals surface area contributed by atoms with Crippen LogP contribution in [0.1, 0.15) is 37.8 Å². The van der Waals surface area contributed by atoms with Gasteiger partial charge in [-0.3, -0.25) is 9.69 Å². The predicted octanol–water partition coefficient (Wildman–Crippen LogP) is 3.83. The van der Waals surface area contributed by atoms with E-state index in [1.165, 1.54) is 11.1 Å². The zero-order valence-corrected chi connectivity index (χ0v) is 13.4. The number of aliphatic carboxylic acids is 1. The highest BCUT2D eigenvalue weighted by molar-refractivity contribution is 9.10. The molecule has 1 N–H and O–H groups in total. The molecule has 0 aliphatic carbocycles. The van der Waals surface area contributed by atoms with Crippen LogP contribution < -0.4 is 0 Å². The lowest BCUT2D eigenvalue weighted by Gasteiger charge is -2.26. The topological polar surface area (TPSA) is 40.5 Å². The van der Waals surface area contributed by atoms with Crippen molar-refractivity contribution in [1.29, 1.82) is 0 Å². The lowest BCUT2D eigenvalue weighted by molar-refractivity contribution is -0.137. The predicted molar refractivity (Wildman–Crippen MR) is 81.3 cm³/mol. The first-order valence-electron chi connectivity index (χ1n) is 6.61. The largest absolute Gasteiger partial charge is 0.481 e. The summed E-state index contributed by atoms with van der Waals surface area (Å²) in [6.45, 7) is 8.06. The van der Waals surface area contributed by atoms with E-state index in [1.807, 2.05) is 0 Å². The van der Waals surface area contributed by atoms with Crippen LogP contribution in [0, 0.1) is 6.92 Å². The Bertz CT molecular complexity index is 432. The molecule has 0 aliphatic rings. The van der Waals surface area contributed by atoms with Crippen LogP contribution in [0.2, 0.25) is 0 Å². The van der Waals surface area contributed by atoms with E-state index in [0.29, 0.717) is 12.5 Å². The Morgan fingerprint density at radius 1 is 1.42 bits per heavy atom. The highest BCUT2D eigenvalue weighted by atomic mass is 79.9. The van der Waals surface area contributed by atoms with Crippen molar-refractivity contribution < 1.29 is 9.90 Å². The van der Waals surface area contributed by atoms with Gasteiger partial charge in [0.1, 0.15) is 0 Å². The van der Waals surface area contributed by atoms with E-state index in [0.717, 1.165) is 17.6 Å². The third kappa shape index (κ3) is 5.74. The van der Waals surface area contributed by atoms with Gasteiger partial charge in [0.05, 0.1) is 0 Å². The van der Waals surface area contributed by atoms with Crippen molar-refractivity contribution >= 4 is 21.9 Å². The summed E-state index contributed by atoms with van der Waals surface area (Å²) in [5.41, 5.74) is 2.50. The first-order chi connectivity index (χ1) is 8.90. The first-order valence-corrected chi connectivity index (χ1v) is 7.40. The minimum absolute atomic E-state index is 0.239. The zero-order valence-electron chi connectivity index (χ0n) is 11.8. The van der Waals surface area contributed by atoms with Crippen molar-refractivity contribution in [2.24, 2.45) is 0 Å². The third-order valence-electron chi connectivity index (χ3n) is 3.17.